The number of nitriles is 1. The highest BCUT2D eigenvalue weighted by molar-refractivity contribution is 7.89. The number of fused-ring (bicyclic) bond motifs is 4. The molecule has 1 aromatic heterocycles. The van der Waals surface area contributed by atoms with Crippen LogP contribution in [-0.4, -0.2) is 50.1 Å². The first kappa shape index (κ1) is 24.8. The zero-order valence-corrected chi connectivity index (χ0v) is 22.1. The minimum atomic E-state index is -3.61. The fourth-order valence-corrected chi connectivity index (χ4v) is 7.61. The van der Waals surface area contributed by atoms with Crippen LogP contribution in [0.1, 0.15) is 36.8 Å². The van der Waals surface area contributed by atoms with Crippen LogP contribution in [-0.2, 0) is 16.4 Å². The van der Waals surface area contributed by atoms with E-state index in [1.54, 1.807) is 25.4 Å². The van der Waals surface area contributed by atoms with Gasteiger partial charge in [0.05, 0.1) is 23.1 Å². The summed E-state index contributed by atoms with van der Waals surface area (Å²) in [6.45, 7) is 0.824. The number of hydrogen-bond acceptors (Lipinski definition) is 6. The maximum Gasteiger partial charge on any atom is 0.240 e. The van der Waals surface area contributed by atoms with Gasteiger partial charge in [-0.15, -0.1) is 0 Å². The Labute approximate surface area is 223 Å². The maximum absolute atomic E-state index is 13.2. The topological polar surface area (TPSA) is 95.3 Å². The van der Waals surface area contributed by atoms with Crippen LogP contribution in [0.5, 0.6) is 5.75 Å². The summed E-state index contributed by atoms with van der Waals surface area (Å²) in [4.78, 5) is 7.29. The summed E-state index contributed by atoms with van der Waals surface area (Å²) in [6.07, 6.45) is 6.10. The smallest absolute Gasteiger partial charge is 0.240 e. The molecule has 7 nitrogen and oxygen atoms in total. The van der Waals surface area contributed by atoms with Crippen molar-refractivity contribution >= 4 is 31.7 Å². The molecule has 6 rings (SSSR count). The molecule has 2 fully saturated rings. The molecule has 0 amide bonds. The molecular weight excluding hydrogens is 496 g/mol. The van der Waals surface area contributed by atoms with Gasteiger partial charge >= 0.3 is 0 Å². The average Bonchev–Trinajstić information content (AvgIpc) is 3.18. The molecule has 3 aromatic carbocycles. The fourth-order valence-electron chi connectivity index (χ4n) is 6.32. The van der Waals surface area contributed by atoms with E-state index in [4.69, 9.17) is 4.74 Å². The zero-order chi connectivity index (χ0) is 26.3. The molecule has 3 heterocycles. The number of benzene rings is 3. The third-order valence-electron chi connectivity index (χ3n) is 8.16. The largest absolute Gasteiger partial charge is 0.497 e. The van der Waals surface area contributed by atoms with Crippen molar-refractivity contribution in [3.63, 3.8) is 0 Å². The average molecular weight is 527 g/mol. The summed E-state index contributed by atoms with van der Waals surface area (Å²) in [6, 6.07) is 21.8. The van der Waals surface area contributed by atoms with Gasteiger partial charge in [0.2, 0.25) is 10.0 Å². The Hall–Kier alpha value is -3.51. The van der Waals surface area contributed by atoms with E-state index in [-0.39, 0.29) is 6.04 Å². The van der Waals surface area contributed by atoms with E-state index >= 15 is 0 Å². The van der Waals surface area contributed by atoms with Crippen molar-refractivity contribution < 1.29 is 13.2 Å². The van der Waals surface area contributed by atoms with Gasteiger partial charge in [0.1, 0.15) is 11.8 Å². The minimum absolute atomic E-state index is 0.0825. The van der Waals surface area contributed by atoms with Crippen LogP contribution in [0.2, 0.25) is 0 Å². The van der Waals surface area contributed by atoms with E-state index in [9.17, 15) is 13.7 Å². The van der Waals surface area contributed by atoms with Crippen molar-refractivity contribution in [3.8, 4) is 11.8 Å². The summed E-state index contributed by atoms with van der Waals surface area (Å²) >= 11 is 0. The SMILES string of the molecule is COc1ccc2ncc(C#N)c(CCN3C4CCC3CC(NS(=O)(=O)c3ccc5ccccc5c3)C4)c2c1. The number of nitrogens with zero attached hydrogens (tertiary/aromatic N) is 3. The minimum Gasteiger partial charge on any atom is -0.497 e. The van der Waals surface area contributed by atoms with Crippen LogP contribution in [0.25, 0.3) is 21.7 Å². The lowest BCUT2D eigenvalue weighted by molar-refractivity contribution is 0.125. The second-order valence-electron chi connectivity index (χ2n) is 10.3. The van der Waals surface area contributed by atoms with E-state index in [0.717, 1.165) is 71.6 Å². The monoisotopic (exact) mass is 526 g/mol. The molecule has 0 aliphatic carbocycles. The van der Waals surface area contributed by atoms with E-state index in [2.05, 4.69) is 20.7 Å². The predicted molar refractivity (Wildman–Crippen MR) is 148 cm³/mol. The van der Waals surface area contributed by atoms with Crippen LogP contribution >= 0.6 is 0 Å². The third-order valence-corrected chi connectivity index (χ3v) is 9.68. The summed E-state index contributed by atoms with van der Waals surface area (Å²) < 4.78 is 34.9. The highest BCUT2D eigenvalue weighted by Crippen LogP contribution is 2.37. The lowest BCUT2D eigenvalue weighted by Crippen LogP contribution is -2.50. The van der Waals surface area contributed by atoms with Crippen molar-refractivity contribution in [2.75, 3.05) is 13.7 Å². The molecule has 8 heteroatoms. The lowest BCUT2D eigenvalue weighted by Gasteiger charge is -2.39. The van der Waals surface area contributed by atoms with Gasteiger partial charge in [-0.05, 0) is 78.8 Å². The molecule has 2 aliphatic heterocycles. The zero-order valence-electron chi connectivity index (χ0n) is 21.3. The maximum atomic E-state index is 13.2. The molecule has 0 radical (unpaired) electrons. The first-order chi connectivity index (χ1) is 18.4. The summed E-state index contributed by atoms with van der Waals surface area (Å²) in [7, 11) is -1.97. The number of ether oxygens (including phenoxy) is 1. The van der Waals surface area contributed by atoms with Gasteiger partial charge in [0.25, 0.3) is 0 Å². The molecule has 1 N–H and O–H groups in total. The molecule has 0 spiro atoms. The molecule has 4 aromatic rings. The van der Waals surface area contributed by atoms with E-state index < -0.39 is 10.0 Å². The first-order valence-electron chi connectivity index (χ1n) is 13.1. The molecule has 2 unspecified atom stereocenters. The molecule has 2 bridgehead atoms. The molecule has 2 aliphatic rings. The fraction of sp³-hybridized carbons (Fsp3) is 0.333. The van der Waals surface area contributed by atoms with Crippen LogP contribution in [0.15, 0.2) is 71.8 Å². The number of rotatable bonds is 7. The molecule has 194 valence electrons. The van der Waals surface area contributed by atoms with Gasteiger partial charge in [-0.3, -0.25) is 9.88 Å². The first-order valence-corrected chi connectivity index (χ1v) is 14.6. The van der Waals surface area contributed by atoms with Gasteiger partial charge in [-0.25, -0.2) is 13.1 Å². The van der Waals surface area contributed by atoms with Crippen molar-refractivity contribution in [2.24, 2.45) is 0 Å². The molecule has 38 heavy (non-hydrogen) atoms. The van der Waals surface area contributed by atoms with Gasteiger partial charge < -0.3 is 4.74 Å². The molecule has 2 saturated heterocycles. The van der Waals surface area contributed by atoms with Crippen LogP contribution in [0.3, 0.4) is 0 Å². The van der Waals surface area contributed by atoms with Crippen molar-refractivity contribution in [3.05, 3.63) is 78.0 Å². The van der Waals surface area contributed by atoms with Gasteiger partial charge in [0.15, 0.2) is 0 Å². The second kappa shape index (κ2) is 9.99. The second-order valence-corrected chi connectivity index (χ2v) is 12.0. The van der Waals surface area contributed by atoms with Gasteiger partial charge in [0, 0.05) is 36.3 Å². The number of pyridine rings is 1. The number of aromatic nitrogens is 1. The quantitative estimate of drug-likeness (QED) is 0.372. The number of nitrogens with one attached hydrogen (secondary N) is 1. The Morgan fingerprint density at radius 3 is 2.55 bits per heavy atom. The number of sulfonamides is 1. The highest BCUT2D eigenvalue weighted by atomic mass is 32.2. The van der Waals surface area contributed by atoms with Gasteiger partial charge in [-0.1, -0.05) is 30.3 Å². The number of methoxy groups -OCH3 is 1. The Morgan fingerprint density at radius 1 is 1.05 bits per heavy atom. The van der Waals surface area contributed by atoms with Crippen molar-refractivity contribution in [1.82, 2.24) is 14.6 Å². The Kier molecular flexibility index (Phi) is 6.52. The summed E-state index contributed by atoms with van der Waals surface area (Å²) in [5, 5.41) is 12.7. The molecule has 0 saturated carbocycles. The normalized spacial score (nSPS) is 21.5. The van der Waals surface area contributed by atoms with E-state index in [0.29, 0.717) is 22.5 Å². The Morgan fingerprint density at radius 2 is 1.82 bits per heavy atom. The third kappa shape index (κ3) is 4.62. The Bertz CT molecular complexity index is 1650. The lowest BCUT2D eigenvalue weighted by atomic mass is 9.96. The van der Waals surface area contributed by atoms with Gasteiger partial charge in [-0.2, -0.15) is 5.26 Å². The standard InChI is InChI=1S/C30H30N4O3S/c1-37-26-9-11-30-29(17-26)28(22(18-31)19-32-30)12-13-34-24-7-8-25(34)16-23(15-24)33-38(35,36)27-10-6-20-4-2-3-5-21(20)14-27/h2-6,9-11,14,17,19,23-25,33H,7-8,12-13,15-16H2,1H3. The van der Waals surface area contributed by atoms with Crippen LogP contribution < -0.4 is 9.46 Å². The van der Waals surface area contributed by atoms with Crippen molar-refractivity contribution in [2.45, 2.75) is 55.1 Å². The van der Waals surface area contributed by atoms with Crippen LogP contribution in [0, 0.1) is 11.3 Å². The summed E-state index contributed by atoms with van der Waals surface area (Å²) in [5.74, 6) is 0.746. The Balaban J connectivity index is 1.17. The highest BCUT2D eigenvalue weighted by Gasteiger charge is 2.41. The number of hydrogen-bond donors (Lipinski definition) is 1. The predicted octanol–water partition coefficient (Wildman–Crippen LogP) is 4.78. The summed E-state index contributed by atoms with van der Waals surface area (Å²) in [5.41, 5.74) is 2.44. The molecule has 2 atom stereocenters. The van der Waals surface area contributed by atoms with Crippen LogP contribution in [0.4, 0.5) is 0 Å². The number of piperidine rings is 1. The van der Waals surface area contributed by atoms with E-state index in [1.807, 2.05) is 48.5 Å². The van der Waals surface area contributed by atoms with E-state index in [1.165, 1.54) is 0 Å². The van der Waals surface area contributed by atoms with Crippen molar-refractivity contribution in [1.29, 1.82) is 5.26 Å². The molecular formula is C30H30N4O3S.